The van der Waals surface area contributed by atoms with E-state index in [-0.39, 0.29) is 34.5 Å². The molecule has 0 aromatic heterocycles. The average Bonchev–Trinajstić information content (AvgIpc) is 3.11. The van der Waals surface area contributed by atoms with Crippen LogP contribution in [0.15, 0.2) is 91.0 Å². The van der Waals surface area contributed by atoms with Crippen LogP contribution in [0.4, 0.5) is 0 Å². The van der Waals surface area contributed by atoms with Gasteiger partial charge in [-0.1, -0.05) is 89.5 Å². The van der Waals surface area contributed by atoms with Crippen LogP contribution in [-0.4, -0.2) is 30.6 Å². The number of benzene rings is 6. The molecule has 0 heterocycles. The summed E-state index contributed by atoms with van der Waals surface area (Å²) in [6, 6.07) is 28.2. The summed E-state index contributed by atoms with van der Waals surface area (Å²) < 4.78 is 0. The van der Waals surface area contributed by atoms with Crippen molar-refractivity contribution in [1.29, 1.82) is 0 Å². The Balaban J connectivity index is 1.61. The lowest BCUT2D eigenvalue weighted by atomic mass is 9.68. The molecule has 6 aromatic rings. The van der Waals surface area contributed by atoms with E-state index < -0.39 is 5.41 Å². The van der Waals surface area contributed by atoms with Crippen molar-refractivity contribution in [2.24, 2.45) is 0 Å². The molecule has 0 amide bonds. The third-order valence-corrected chi connectivity index (χ3v) is 10.7. The second kappa shape index (κ2) is 14.3. The number of aromatic hydroxyl groups is 6. The van der Waals surface area contributed by atoms with Gasteiger partial charge >= 0.3 is 0 Å². The number of rotatable bonds is 9. The van der Waals surface area contributed by atoms with Crippen molar-refractivity contribution in [2.75, 3.05) is 0 Å². The first-order valence-electron chi connectivity index (χ1n) is 17.9. The van der Waals surface area contributed by atoms with Crippen LogP contribution in [0.1, 0.15) is 90.4 Å². The smallest absolute Gasteiger partial charge is 0.122 e. The van der Waals surface area contributed by atoms with Crippen molar-refractivity contribution in [3.8, 4) is 34.5 Å². The molecule has 0 aliphatic rings. The molecule has 6 nitrogen and oxygen atoms in total. The highest BCUT2D eigenvalue weighted by Crippen LogP contribution is 2.46. The van der Waals surface area contributed by atoms with E-state index in [4.69, 9.17) is 0 Å². The number of hydrogen-bond acceptors (Lipinski definition) is 6. The number of phenolic OH excluding ortho intramolecular Hbond substituents is 6. The summed E-state index contributed by atoms with van der Waals surface area (Å²) in [6.45, 7) is 13.6. The maximum atomic E-state index is 11.4. The summed E-state index contributed by atoms with van der Waals surface area (Å²) in [7, 11) is 0. The molecule has 0 aliphatic heterocycles. The summed E-state index contributed by atoms with van der Waals surface area (Å²) >= 11 is 0. The third kappa shape index (κ3) is 7.27. The summed E-state index contributed by atoms with van der Waals surface area (Å²) in [4.78, 5) is 0. The van der Waals surface area contributed by atoms with Gasteiger partial charge < -0.3 is 30.6 Å². The van der Waals surface area contributed by atoms with E-state index in [0.29, 0.717) is 69.3 Å². The lowest BCUT2D eigenvalue weighted by Gasteiger charge is -2.35. The Hall–Kier alpha value is -5.88. The fraction of sp³-hybridized carbons (Fsp3) is 0.234. The lowest BCUT2D eigenvalue weighted by Crippen LogP contribution is -2.27. The average molecular weight is 709 g/mol. The minimum atomic E-state index is -0.911. The lowest BCUT2D eigenvalue weighted by molar-refractivity contribution is 0.459. The van der Waals surface area contributed by atoms with Gasteiger partial charge in [0, 0.05) is 24.7 Å². The van der Waals surface area contributed by atoms with E-state index in [9.17, 15) is 30.6 Å². The molecule has 53 heavy (non-hydrogen) atoms. The van der Waals surface area contributed by atoms with E-state index in [0.717, 1.165) is 33.4 Å². The third-order valence-electron chi connectivity index (χ3n) is 10.7. The van der Waals surface area contributed by atoms with Crippen molar-refractivity contribution in [1.82, 2.24) is 0 Å². The van der Waals surface area contributed by atoms with Crippen molar-refractivity contribution < 1.29 is 30.6 Å². The fourth-order valence-electron chi connectivity index (χ4n) is 7.51. The van der Waals surface area contributed by atoms with Crippen LogP contribution in [0.2, 0.25) is 0 Å². The molecule has 0 fully saturated rings. The van der Waals surface area contributed by atoms with Gasteiger partial charge in [0.05, 0.1) is 0 Å². The number of aryl methyl sites for hydroxylation is 6. The molecule has 0 unspecified atom stereocenters. The summed E-state index contributed by atoms with van der Waals surface area (Å²) in [5, 5.41) is 66.6. The standard InChI is InChI=1S/C47H48O6/c1-26-8-11-41(48)32(14-26)20-35-23-38(17-29(4)44(35)51)47(7,39-18-30(5)45(52)36(24-39)21-33-15-27(2)9-12-42(33)49)40-19-31(6)46(53)37(25-40)22-34-16-28(3)10-13-43(34)50/h8-19,23-25,48-53H,20-22H2,1-7H3. The molecule has 6 aromatic carbocycles. The summed E-state index contributed by atoms with van der Waals surface area (Å²) in [6.07, 6.45) is 0.884. The highest BCUT2D eigenvalue weighted by atomic mass is 16.3. The van der Waals surface area contributed by atoms with Crippen LogP contribution in [0.5, 0.6) is 34.5 Å². The van der Waals surface area contributed by atoms with Crippen LogP contribution in [0.25, 0.3) is 0 Å². The van der Waals surface area contributed by atoms with E-state index >= 15 is 0 Å². The van der Waals surface area contributed by atoms with Crippen molar-refractivity contribution >= 4 is 0 Å². The first kappa shape index (κ1) is 36.9. The Morgan fingerprint density at radius 1 is 0.358 bits per heavy atom. The van der Waals surface area contributed by atoms with Crippen LogP contribution in [0, 0.1) is 41.5 Å². The molecule has 0 atom stereocenters. The first-order chi connectivity index (χ1) is 25.0. The Bertz CT molecular complexity index is 2110. The normalized spacial score (nSPS) is 11.6. The van der Waals surface area contributed by atoms with Gasteiger partial charge in [0.15, 0.2) is 0 Å². The van der Waals surface area contributed by atoms with Crippen LogP contribution in [-0.2, 0) is 24.7 Å². The van der Waals surface area contributed by atoms with Crippen LogP contribution in [0.3, 0.4) is 0 Å². The quantitative estimate of drug-likeness (QED) is 0.0832. The van der Waals surface area contributed by atoms with Crippen molar-refractivity contribution in [2.45, 2.75) is 73.1 Å². The molecule has 272 valence electrons. The Morgan fingerprint density at radius 3 is 0.887 bits per heavy atom. The molecule has 0 bridgehead atoms. The highest BCUT2D eigenvalue weighted by Gasteiger charge is 2.35. The maximum absolute atomic E-state index is 11.4. The molecule has 0 radical (unpaired) electrons. The first-order valence-corrected chi connectivity index (χ1v) is 17.9. The van der Waals surface area contributed by atoms with Gasteiger partial charge in [-0.25, -0.2) is 0 Å². The highest BCUT2D eigenvalue weighted by molar-refractivity contribution is 5.61. The van der Waals surface area contributed by atoms with Crippen molar-refractivity contribution in [3.63, 3.8) is 0 Å². The van der Waals surface area contributed by atoms with E-state index in [1.807, 2.05) is 114 Å². The molecule has 6 rings (SSSR count). The zero-order chi connectivity index (χ0) is 38.4. The van der Waals surface area contributed by atoms with Gasteiger partial charge in [0.25, 0.3) is 0 Å². The maximum Gasteiger partial charge on any atom is 0.122 e. The number of hydrogen-bond donors (Lipinski definition) is 6. The molecular weight excluding hydrogens is 661 g/mol. The number of phenols is 6. The second-order valence-corrected chi connectivity index (χ2v) is 15.0. The Kier molecular flexibility index (Phi) is 9.93. The van der Waals surface area contributed by atoms with Gasteiger partial charge in [-0.3, -0.25) is 0 Å². The predicted octanol–water partition coefficient (Wildman–Crippen LogP) is 9.90. The van der Waals surface area contributed by atoms with E-state index in [1.54, 1.807) is 18.2 Å². The topological polar surface area (TPSA) is 121 Å². The van der Waals surface area contributed by atoms with Gasteiger partial charge in [-0.05, 0) is 133 Å². The Labute approximate surface area is 311 Å². The van der Waals surface area contributed by atoms with E-state index in [1.165, 1.54) is 0 Å². The Morgan fingerprint density at radius 2 is 0.623 bits per heavy atom. The molecule has 6 N–H and O–H groups in total. The van der Waals surface area contributed by atoms with Crippen LogP contribution >= 0.6 is 0 Å². The molecule has 0 spiro atoms. The minimum Gasteiger partial charge on any atom is -0.508 e. The summed E-state index contributed by atoms with van der Waals surface area (Å²) in [5.74, 6) is 0.887. The van der Waals surface area contributed by atoms with Crippen LogP contribution < -0.4 is 0 Å². The second-order valence-electron chi connectivity index (χ2n) is 15.0. The fourth-order valence-corrected chi connectivity index (χ4v) is 7.51. The van der Waals surface area contributed by atoms with Gasteiger partial charge in [0.2, 0.25) is 0 Å². The van der Waals surface area contributed by atoms with Gasteiger partial charge in [-0.2, -0.15) is 0 Å². The van der Waals surface area contributed by atoms with Crippen molar-refractivity contribution in [3.05, 3.63) is 174 Å². The SMILES string of the molecule is Cc1ccc(O)c(Cc2cc(C(C)(c3cc(C)c(O)c(Cc4cc(C)ccc4O)c3)c3cc(C)c(O)c(Cc4cc(C)ccc4O)c3)cc(C)c2O)c1. The molecule has 0 aliphatic carbocycles. The zero-order valence-electron chi connectivity index (χ0n) is 31.5. The molecule has 0 saturated carbocycles. The largest absolute Gasteiger partial charge is 0.508 e. The molecule has 0 saturated heterocycles. The summed E-state index contributed by atoms with van der Waals surface area (Å²) in [5.41, 5.74) is 10.7. The predicted molar refractivity (Wildman–Crippen MR) is 211 cm³/mol. The van der Waals surface area contributed by atoms with Gasteiger partial charge in [0.1, 0.15) is 34.5 Å². The molecule has 6 heteroatoms. The van der Waals surface area contributed by atoms with E-state index in [2.05, 4.69) is 6.92 Å². The minimum absolute atomic E-state index is 0.145. The monoisotopic (exact) mass is 708 g/mol. The molecular formula is C47H48O6. The zero-order valence-corrected chi connectivity index (χ0v) is 31.5. The van der Waals surface area contributed by atoms with Gasteiger partial charge in [-0.15, -0.1) is 0 Å².